The largest absolute Gasteiger partial charge is 0.355 e. The van der Waals surface area contributed by atoms with Crippen molar-refractivity contribution in [3.63, 3.8) is 0 Å². The number of nitrogens with zero attached hydrogens (tertiary/aromatic N) is 3. The van der Waals surface area contributed by atoms with E-state index in [9.17, 15) is 9.18 Å². The number of nitrogens with one attached hydrogen (secondary N) is 1. The van der Waals surface area contributed by atoms with Gasteiger partial charge in [0.05, 0.1) is 5.02 Å². The standard InChI is InChI=1S/C20H14ClFN4O/c1-12-5-6-16(25-26-23)10-18(12)20(27)17-8-7-15(11-19(17)21)24-14-4-2-3-13(22)9-14/h2-11,24H,1H3. The molecule has 0 fully saturated rings. The Morgan fingerprint density at radius 2 is 1.85 bits per heavy atom. The van der Waals surface area contributed by atoms with Crippen LogP contribution in [-0.2, 0) is 0 Å². The molecule has 3 rings (SSSR count). The second-order valence-corrected chi connectivity index (χ2v) is 6.25. The molecule has 0 aliphatic heterocycles. The smallest absolute Gasteiger partial charge is 0.194 e. The zero-order valence-corrected chi connectivity index (χ0v) is 15.0. The first-order valence-corrected chi connectivity index (χ1v) is 8.38. The molecule has 0 bridgehead atoms. The quantitative estimate of drug-likeness (QED) is 0.231. The van der Waals surface area contributed by atoms with Gasteiger partial charge in [0.15, 0.2) is 5.78 Å². The lowest BCUT2D eigenvalue weighted by atomic mass is 9.98. The molecule has 0 aliphatic carbocycles. The van der Waals surface area contributed by atoms with Crippen LogP contribution in [0.5, 0.6) is 0 Å². The van der Waals surface area contributed by atoms with Gasteiger partial charge in [0.25, 0.3) is 0 Å². The van der Waals surface area contributed by atoms with Gasteiger partial charge in [0.1, 0.15) is 5.82 Å². The number of hydrogen-bond donors (Lipinski definition) is 1. The number of benzene rings is 3. The van der Waals surface area contributed by atoms with Gasteiger partial charge in [0.2, 0.25) is 0 Å². The van der Waals surface area contributed by atoms with Gasteiger partial charge in [-0.05, 0) is 60.5 Å². The molecule has 0 unspecified atom stereocenters. The molecule has 3 aromatic carbocycles. The minimum atomic E-state index is -0.353. The lowest BCUT2D eigenvalue weighted by molar-refractivity contribution is 0.103. The van der Waals surface area contributed by atoms with Crippen LogP contribution in [0.25, 0.3) is 10.4 Å². The average Bonchev–Trinajstić information content (AvgIpc) is 2.63. The van der Waals surface area contributed by atoms with Crippen LogP contribution in [0.3, 0.4) is 0 Å². The van der Waals surface area contributed by atoms with Crippen molar-refractivity contribution in [1.29, 1.82) is 0 Å². The number of halogens is 2. The molecule has 0 saturated heterocycles. The van der Waals surface area contributed by atoms with Crippen LogP contribution in [0.4, 0.5) is 21.5 Å². The number of carbonyl (C=O) groups is 1. The predicted molar refractivity (Wildman–Crippen MR) is 105 cm³/mol. The Morgan fingerprint density at radius 1 is 1.07 bits per heavy atom. The molecule has 3 aromatic rings. The molecule has 0 radical (unpaired) electrons. The molecule has 0 aromatic heterocycles. The van der Waals surface area contributed by atoms with Gasteiger partial charge in [-0.3, -0.25) is 4.79 Å². The summed E-state index contributed by atoms with van der Waals surface area (Å²) in [6, 6.07) is 15.8. The maximum atomic E-state index is 13.3. The third-order valence-corrected chi connectivity index (χ3v) is 4.27. The molecule has 134 valence electrons. The van der Waals surface area contributed by atoms with Crippen molar-refractivity contribution < 1.29 is 9.18 Å². The van der Waals surface area contributed by atoms with Crippen molar-refractivity contribution in [3.05, 3.63) is 98.6 Å². The van der Waals surface area contributed by atoms with Crippen molar-refractivity contribution in [2.24, 2.45) is 5.11 Å². The molecule has 0 heterocycles. The van der Waals surface area contributed by atoms with Crippen LogP contribution < -0.4 is 5.32 Å². The summed E-state index contributed by atoms with van der Waals surface area (Å²) in [6.07, 6.45) is 0. The maximum Gasteiger partial charge on any atom is 0.194 e. The number of aryl methyl sites for hydroxylation is 1. The van der Waals surface area contributed by atoms with E-state index in [0.29, 0.717) is 28.2 Å². The highest BCUT2D eigenvalue weighted by Crippen LogP contribution is 2.28. The van der Waals surface area contributed by atoms with Gasteiger partial charge in [-0.1, -0.05) is 34.9 Å². The fraction of sp³-hybridized carbons (Fsp3) is 0.0500. The summed E-state index contributed by atoms with van der Waals surface area (Å²) in [6.45, 7) is 1.79. The van der Waals surface area contributed by atoms with E-state index in [2.05, 4.69) is 15.3 Å². The normalized spacial score (nSPS) is 10.2. The highest BCUT2D eigenvalue weighted by Gasteiger charge is 2.16. The predicted octanol–water partition coefficient (Wildman–Crippen LogP) is 6.70. The van der Waals surface area contributed by atoms with Crippen molar-refractivity contribution in [2.75, 3.05) is 5.32 Å². The Labute approximate surface area is 160 Å². The molecule has 0 saturated carbocycles. The molecule has 0 aliphatic rings. The summed E-state index contributed by atoms with van der Waals surface area (Å²) in [5.41, 5.74) is 11.6. The second kappa shape index (κ2) is 7.91. The number of rotatable bonds is 5. The fourth-order valence-corrected chi connectivity index (χ4v) is 2.89. The molecular weight excluding hydrogens is 367 g/mol. The third-order valence-electron chi connectivity index (χ3n) is 3.95. The first-order chi connectivity index (χ1) is 13.0. The number of azide groups is 1. The molecule has 7 heteroatoms. The summed E-state index contributed by atoms with van der Waals surface area (Å²) in [4.78, 5) is 15.6. The van der Waals surface area contributed by atoms with E-state index in [1.54, 1.807) is 49.4 Å². The first kappa shape index (κ1) is 18.5. The molecule has 0 amide bonds. The van der Waals surface area contributed by atoms with Crippen LogP contribution in [0, 0.1) is 12.7 Å². The lowest BCUT2D eigenvalue weighted by Gasteiger charge is -2.11. The van der Waals surface area contributed by atoms with Crippen LogP contribution in [0.15, 0.2) is 65.8 Å². The summed E-state index contributed by atoms with van der Waals surface area (Å²) < 4.78 is 13.3. The van der Waals surface area contributed by atoms with Crippen LogP contribution in [0.2, 0.25) is 5.02 Å². The first-order valence-electron chi connectivity index (χ1n) is 8.00. The van der Waals surface area contributed by atoms with Gasteiger partial charge in [-0.15, -0.1) is 0 Å². The number of hydrogen-bond acceptors (Lipinski definition) is 3. The lowest BCUT2D eigenvalue weighted by Crippen LogP contribution is -2.05. The Hall–Kier alpha value is -3.34. The average molecular weight is 381 g/mol. The van der Waals surface area contributed by atoms with Crippen LogP contribution in [0.1, 0.15) is 21.5 Å². The van der Waals surface area contributed by atoms with Crippen molar-refractivity contribution in [1.82, 2.24) is 0 Å². The Bertz CT molecular complexity index is 1080. The van der Waals surface area contributed by atoms with Crippen molar-refractivity contribution >= 4 is 34.4 Å². The minimum Gasteiger partial charge on any atom is -0.355 e. The molecule has 5 nitrogen and oxygen atoms in total. The van der Waals surface area contributed by atoms with E-state index in [0.717, 1.165) is 5.56 Å². The SMILES string of the molecule is Cc1ccc(N=[N+]=[N-])cc1C(=O)c1ccc(Nc2cccc(F)c2)cc1Cl. The van der Waals surface area contributed by atoms with Gasteiger partial charge >= 0.3 is 0 Å². The fourth-order valence-electron chi connectivity index (χ4n) is 2.62. The summed E-state index contributed by atoms with van der Waals surface area (Å²) in [5.74, 6) is -0.627. The highest BCUT2D eigenvalue weighted by molar-refractivity contribution is 6.35. The molecule has 0 atom stereocenters. The minimum absolute atomic E-state index is 0.259. The summed E-state index contributed by atoms with van der Waals surface area (Å²) in [7, 11) is 0. The van der Waals surface area contributed by atoms with Crippen LogP contribution in [-0.4, -0.2) is 5.78 Å². The van der Waals surface area contributed by atoms with Crippen LogP contribution >= 0.6 is 11.6 Å². The highest BCUT2D eigenvalue weighted by atomic mass is 35.5. The molecule has 1 N–H and O–H groups in total. The zero-order chi connectivity index (χ0) is 19.4. The summed E-state index contributed by atoms with van der Waals surface area (Å²) >= 11 is 6.31. The van der Waals surface area contributed by atoms with Gasteiger partial charge in [-0.25, -0.2) is 4.39 Å². The molecule has 27 heavy (non-hydrogen) atoms. The monoisotopic (exact) mass is 380 g/mol. The van der Waals surface area contributed by atoms with E-state index in [1.807, 2.05) is 0 Å². The Balaban J connectivity index is 1.90. The van der Waals surface area contributed by atoms with Gasteiger partial charge in [0, 0.05) is 33.1 Å². The maximum absolute atomic E-state index is 13.3. The van der Waals surface area contributed by atoms with E-state index < -0.39 is 0 Å². The number of carbonyl (C=O) groups excluding carboxylic acids is 1. The molecule has 0 spiro atoms. The van der Waals surface area contributed by atoms with E-state index >= 15 is 0 Å². The van der Waals surface area contributed by atoms with E-state index in [-0.39, 0.29) is 16.6 Å². The third kappa shape index (κ3) is 4.26. The zero-order valence-electron chi connectivity index (χ0n) is 14.3. The Kier molecular flexibility index (Phi) is 5.41. The van der Waals surface area contributed by atoms with Crippen molar-refractivity contribution in [2.45, 2.75) is 6.92 Å². The van der Waals surface area contributed by atoms with E-state index in [4.69, 9.17) is 17.1 Å². The second-order valence-electron chi connectivity index (χ2n) is 5.85. The summed E-state index contributed by atoms with van der Waals surface area (Å²) in [5, 5.41) is 6.83. The number of ketones is 1. The van der Waals surface area contributed by atoms with Gasteiger partial charge in [-0.2, -0.15) is 0 Å². The Morgan fingerprint density at radius 3 is 2.56 bits per heavy atom. The van der Waals surface area contributed by atoms with Crippen molar-refractivity contribution in [3.8, 4) is 0 Å². The number of anilines is 2. The van der Waals surface area contributed by atoms with Gasteiger partial charge < -0.3 is 5.32 Å². The van der Waals surface area contributed by atoms with E-state index in [1.165, 1.54) is 18.2 Å². The molecular formula is C20H14ClFN4O. The topological polar surface area (TPSA) is 77.9 Å².